The van der Waals surface area contributed by atoms with Crippen LogP contribution in [0.3, 0.4) is 0 Å². The minimum Gasteiger partial charge on any atom is -0.248 e. The SMILES string of the molecule is C=C(N=C(C1=C(C)C(c2ccccc2)(c2ccccc2)c2ccccc21)c1ccc(P(=C)(c2ccccc2)c2ccccc2)cc1)c1ccccc1. The summed E-state index contributed by atoms with van der Waals surface area (Å²) in [5.41, 5.74) is 10.4. The van der Waals surface area contributed by atoms with E-state index in [9.17, 15) is 0 Å². The van der Waals surface area contributed by atoms with Crippen molar-refractivity contribution in [3.8, 4) is 0 Å². The maximum atomic E-state index is 5.47. The highest BCUT2D eigenvalue weighted by Crippen LogP contribution is 2.55. The van der Waals surface area contributed by atoms with Gasteiger partial charge in [0.2, 0.25) is 0 Å². The maximum Gasteiger partial charge on any atom is 0.0787 e. The Morgan fingerprint density at radius 3 is 1.42 bits per heavy atom. The van der Waals surface area contributed by atoms with Gasteiger partial charge in [-0.25, -0.2) is 4.99 Å². The number of allylic oxidation sites excluding steroid dienone is 2. The maximum absolute atomic E-state index is 5.47. The van der Waals surface area contributed by atoms with Gasteiger partial charge in [-0.05, 0) is 63.1 Å². The van der Waals surface area contributed by atoms with Crippen LogP contribution >= 0.6 is 6.89 Å². The molecular formula is C50H40NP. The molecule has 8 rings (SSSR count). The lowest BCUT2D eigenvalue weighted by Crippen LogP contribution is -2.29. The molecule has 1 aliphatic rings. The van der Waals surface area contributed by atoms with E-state index >= 15 is 0 Å². The fraction of sp³-hybridized carbons (Fsp3) is 0.0400. The van der Waals surface area contributed by atoms with Crippen LogP contribution in [0.4, 0.5) is 0 Å². The average Bonchev–Trinajstić information content (AvgIpc) is 3.49. The van der Waals surface area contributed by atoms with Gasteiger partial charge in [-0.3, -0.25) is 0 Å². The highest BCUT2D eigenvalue weighted by atomic mass is 31.2. The lowest BCUT2D eigenvalue weighted by atomic mass is 9.67. The van der Waals surface area contributed by atoms with E-state index in [2.05, 4.69) is 195 Å². The summed E-state index contributed by atoms with van der Waals surface area (Å²) >= 11 is 0. The number of hydrogen-bond donors (Lipinski definition) is 0. The van der Waals surface area contributed by atoms with Crippen LogP contribution in [0, 0.1) is 0 Å². The second-order valence-corrected chi connectivity index (χ2v) is 16.5. The first kappa shape index (κ1) is 33.2. The van der Waals surface area contributed by atoms with E-state index in [1.807, 2.05) is 18.2 Å². The Hall–Kier alpha value is -6.01. The summed E-state index contributed by atoms with van der Waals surface area (Å²) in [5, 5.41) is 3.72. The van der Waals surface area contributed by atoms with Gasteiger partial charge in [0.15, 0.2) is 0 Å². The van der Waals surface area contributed by atoms with Crippen molar-refractivity contribution >= 4 is 46.1 Å². The van der Waals surface area contributed by atoms with E-state index in [1.165, 1.54) is 43.7 Å². The van der Waals surface area contributed by atoms with E-state index in [4.69, 9.17) is 11.3 Å². The largest absolute Gasteiger partial charge is 0.248 e. The van der Waals surface area contributed by atoms with Gasteiger partial charge in [0.25, 0.3) is 0 Å². The summed E-state index contributed by atoms with van der Waals surface area (Å²) in [7, 11) is 0. The Morgan fingerprint density at radius 2 is 0.904 bits per heavy atom. The molecule has 0 amide bonds. The predicted octanol–water partition coefficient (Wildman–Crippen LogP) is 10.7. The van der Waals surface area contributed by atoms with Gasteiger partial charge in [0.05, 0.1) is 16.8 Å². The van der Waals surface area contributed by atoms with E-state index in [1.54, 1.807) is 0 Å². The zero-order valence-corrected chi connectivity index (χ0v) is 30.3. The van der Waals surface area contributed by atoms with Gasteiger partial charge in [-0.2, -0.15) is 0 Å². The second kappa shape index (κ2) is 14.0. The normalized spacial score (nSPS) is 13.8. The number of aliphatic imine (C=N–C) groups is 1. The van der Waals surface area contributed by atoms with Crippen molar-refractivity contribution in [1.82, 2.24) is 0 Å². The molecule has 250 valence electrons. The third-order valence-corrected chi connectivity index (χ3v) is 14.1. The zero-order chi connectivity index (χ0) is 35.5. The van der Waals surface area contributed by atoms with Crippen molar-refractivity contribution in [2.24, 2.45) is 4.99 Å². The van der Waals surface area contributed by atoms with E-state index in [-0.39, 0.29) is 0 Å². The van der Waals surface area contributed by atoms with Gasteiger partial charge >= 0.3 is 0 Å². The van der Waals surface area contributed by atoms with Crippen molar-refractivity contribution in [3.63, 3.8) is 0 Å². The summed E-state index contributed by atoms with van der Waals surface area (Å²) in [6.07, 6.45) is 5.01. The van der Waals surface area contributed by atoms with Gasteiger partial charge < -0.3 is 0 Å². The topological polar surface area (TPSA) is 12.4 Å². The zero-order valence-electron chi connectivity index (χ0n) is 29.4. The first-order chi connectivity index (χ1) is 25.5. The number of rotatable bonds is 9. The van der Waals surface area contributed by atoms with Crippen LogP contribution in [0.5, 0.6) is 0 Å². The summed E-state index contributed by atoms with van der Waals surface area (Å²) in [5.74, 6) is 0. The molecule has 7 aromatic rings. The Labute approximate surface area is 308 Å². The van der Waals surface area contributed by atoms with Crippen LogP contribution in [0.1, 0.15) is 40.3 Å². The van der Waals surface area contributed by atoms with Crippen LogP contribution in [-0.4, -0.2) is 12.0 Å². The molecule has 1 aliphatic carbocycles. The molecule has 0 aromatic heterocycles. The van der Waals surface area contributed by atoms with Crippen molar-refractivity contribution in [1.29, 1.82) is 0 Å². The van der Waals surface area contributed by atoms with Crippen LogP contribution in [0.15, 0.2) is 217 Å². The monoisotopic (exact) mass is 685 g/mol. The van der Waals surface area contributed by atoms with Crippen molar-refractivity contribution < 1.29 is 0 Å². The van der Waals surface area contributed by atoms with E-state index in [0.717, 1.165) is 28.1 Å². The van der Waals surface area contributed by atoms with Gasteiger partial charge in [-0.15, -0.1) is 0 Å². The summed E-state index contributed by atoms with van der Waals surface area (Å²) in [4.78, 5) is 5.47. The number of nitrogens with zero attached hydrogens (tertiary/aromatic N) is 1. The summed E-state index contributed by atoms with van der Waals surface area (Å²) < 4.78 is 0. The molecule has 0 aliphatic heterocycles. The van der Waals surface area contributed by atoms with E-state index < -0.39 is 12.3 Å². The molecular weight excluding hydrogens is 646 g/mol. The first-order valence-corrected chi connectivity index (χ1v) is 19.7. The first-order valence-electron chi connectivity index (χ1n) is 17.7. The fourth-order valence-electron chi connectivity index (χ4n) is 7.99. The molecule has 0 unspecified atom stereocenters. The Bertz CT molecular complexity index is 2380. The molecule has 0 atom stereocenters. The molecule has 52 heavy (non-hydrogen) atoms. The molecule has 1 nitrogen and oxygen atoms in total. The highest BCUT2D eigenvalue weighted by Gasteiger charge is 2.46. The Morgan fingerprint density at radius 1 is 0.481 bits per heavy atom. The Kier molecular flexibility index (Phi) is 8.90. The lowest BCUT2D eigenvalue weighted by molar-refractivity contribution is 0.743. The minimum absolute atomic E-state index is 0.502. The quantitative estimate of drug-likeness (QED) is 0.106. The lowest BCUT2D eigenvalue weighted by Gasteiger charge is -2.34. The third kappa shape index (κ3) is 5.55. The highest BCUT2D eigenvalue weighted by molar-refractivity contribution is 7.93. The van der Waals surface area contributed by atoms with Crippen LogP contribution in [-0.2, 0) is 5.41 Å². The Balaban J connectivity index is 1.37. The van der Waals surface area contributed by atoms with Crippen molar-refractivity contribution in [3.05, 3.63) is 246 Å². The second-order valence-electron chi connectivity index (χ2n) is 13.3. The molecule has 0 spiro atoms. The minimum atomic E-state index is -2.16. The predicted molar refractivity (Wildman–Crippen MR) is 226 cm³/mol. The summed E-state index contributed by atoms with van der Waals surface area (Å²) in [6, 6.07) is 71.4. The van der Waals surface area contributed by atoms with Gasteiger partial charge in [0, 0.05) is 11.1 Å². The number of hydrogen-bond acceptors (Lipinski definition) is 1. The van der Waals surface area contributed by atoms with E-state index in [0.29, 0.717) is 0 Å². The van der Waals surface area contributed by atoms with Crippen molar-refractivity contribution in [2.45, 2.75) is 12.3 Å². The van der Waals surface area contributed by atoms with Crippen LogP contribution < -0.4 is 15.9 Å². The molecule has 0 saturated heterocycles. The molecule has 0 saturated carbocycles. The van der Waals surface area contributed by atoms with Crippen LogP contribution in [0.2, 0.25) is 0 Å². The fourth-order valence-corrected chi connectivity index (χ4v) is 10.9. The standard InChI is InChI=1S/C50H40NP/c1-37-48(46-31-19-20-32-47(46)50(37,41-23-11-5-12-24-41)42-25-13-6-14-26-42)49(51-38(2)39-21-9-4-10-22-39)40-33-35-45(36-34-40)52(3,43-27-15-7-16-28-43)44-29-17-8-18-30-44/h4-36H,2-3H2,1H3. The third-order valence-electron chi connectivity index (χ3n) is 10.5. The molecule has 0 bridgehead atoms. The molecule has 0 fully saturated rings. The molecule has 0 N–H and O–H groups in total. The smallest absolute Gasteiger partial charge is 0.0787 e. The molecule has 2 heteroatoms. The number of fused-ring (bicyclic) bond motifs is 1. The van der Waals surface area contributed by atoms with Crippen LogP contribution in [0.25, 0.3) is 11.3 Å². The molecule has 7 aromatic carbocycles. The average molecular weight is 686 g/mol. The molecule has 0 radical (unpaired) electrons. The summed E-state index contributed by atoms with van der Waals surface area (Å²) in [6.45, 7) is 4.65. The molecule has 0 heterocycles. The van der Waals surface area contributed by atoms with Crippen molar-refractivity contribution in [2.75, 3.05) is 0 Å². The van der Waals surface area contributed by atoms with Gasteiger partial charge in [-0.1, -0.05) is 213 Å². The number of benzene rings is 7. The van der Waals surface area contributed by atoms with Gasteiger partial charge in [0.1, 0.15) is 0 Å².